The van der Waals surface area contributed by atoms with E-state index in [1.165, 1.54) is 5.54 Å². The van der Waals surface area contributed by atoms with Crippen LogP contribution in [0.5, 0.6) is 0 Å². The topological polar surface area (TPSA) is 27.7 Å². The van der Waals surface area contributed by atoms with Gasteiger partial charge in [0.2, 0.25) is 0 Å². The van der Waals surface area contributed by atoms with Crippen LogP contribution in [0.25, 0.3) is 0 Å². The van der Waals surface area contributed by atoms with Crippen molar-refractivity contribution in [1.29, 1.82) is 0 Å². The zero-order chi connectivity index (χ0) is 10.6. The van der Waals surface area contributed by atoms with Crippen LogP contribution in [-0.4, -0.2) is 31.7 Å². The van der Waals surface area contributed by atoms with Gasteiger partial charge in [0.25, 0.3) is 0 Å². The summed E-state index contributed by atoms with van der Waals surface area (Å²) in [7, 11) is 0. The molecular weight excluding hydrogens is 216 g/mol. The van der Waals surface area contributed by atoms with E-state index in [1.54, 1.807) is 0 Å². The fourth-order valence-corrected chi connectivity index (χ4v) is 2.28. The molecule has 0 radical (unpaired) electrons. The van der Waals surface area contributed by atoms with Crippen molar-refractivity contribution in [2.45, 2.75) is 37.6 Å². The molecule has 0 aromatic rings. The SMILES string of the molecule is Cl/C=C/COC1CCC2(CC1)OCCO2. The zero-order valence-electron chi connectivity index (χ0n) is 8.78. The summed E-state index contributed by atoms with van der Waals surface area (Å²) in [5.41, 5.74) is 1.49. The van der Waals surface area contributed by atoms with Gasteiger partial charge in [0.15, 0.2) is 5.79 Å². The number of ether oxygens (including phenoxy) is 3. The summed E-state index contributed by atoms with van der Waals surface area (Å²) in [6.07, 6.45) is 6.06. The Kier molecular flexibility index (Phi) is 4.03. The third kappa shape index (κ3) is 2.94. The van der Waals surface area contributed by atoms with Crippen LogP contribution < -0.4 is 0 Å². The molecule has 1 heterocycles. The van der Waals surface area contributed by atoms with Crippen molar-refractivity contribution >= 4 is 11.6 Å². The first-order chi connectivity index (χ1) is 7.35. The standard InChI is InChI=1S/C11H17ClO3/c12-6-1-7-13-10-2-4-11(5-3-10)14-8-9-15-11/h1,6,10H,2-5,7-9H2/b6-1+. The van der Waals surface area contributed by atoms with Gasteiger partial charge in [-0.15, -0.1) is 0 Å². The predicted molar refractivity (Wildman–Crippen MR) is 57.8 cm³/mol. The molecule has 2 aliphatic rings. The Labute approximate surface area is 95.3 Å². The van der Waals surface area contributed by atoms with E-state index in [1.807, 2.05) is 6.08 Å². The van der Waals surface area contributed by atoms with Crippen LogP contribution in [0.3, 0.4) is 0 Å². The lowest BCUT2D eigenvalue weighted by Crippen LogP contribution is -2.37. The summed E-state index contributed by atoms with van der Waals surface area (Å²) in [6.45, 7) is 2.07. The maximum atomic E-state index is 5.64. The smallest absolute Gasteiger partial charge is 0.168 e. The molecule has 1 aliphatic heterocycles. The van der Waals surface area contributed by atoms with E-state index >= 15 is 0 Å². The van der Waals surface area contributed by atoms with Gasteiger partial charge < -0.3 is 14.2 Å². The Bertz CT molecular complexity index is 214. The fourth-order valence-electron chi connectivity index (χ4n) is 2.21. The molecule has 0 bridgehead atoms. The molecule has 1 aliphatic carbocycles. The highest BCUT2D eigenvalue weighted by molar-refractivity contribution is 6.25. The Morgan fingerprint density at radius 1 is 1.27 bits per heavy atom. The summed E-state index contributed by atoms with van der Waals surface area (Å²) in [5, 5.41) is 0. The lowest BCUT2D eigenvalue weighted by Gasteiger charge is -2.35. The maximum Gasteiger partial charge on any atom is 0.168 e. The summed E-state index contributed by atoms with van der Waals surface area (Å²) < 4.78 is 16.9. The molecule has 15 heavy (non-hydrogen) atoms. The zero-order valence-corrected chi connectivity index (χ0v) is 9.54. The Morgan fingerprint density at radius 2 is 1.93 bits per heavy atom. The maximum absolute atomic E-state index is 5.64. The lowest BCUT2D eigenvalue weighted by molar-refractivity contribution is -0.190. The highest BCUT2D eigenvalue weighted by atomic mass is 35.5. The Morgan fingerprint density at radius 3 is 2.53 bits per heavy atom. The van der Waals surface area contributed by atoms with E-state index < -0.39 is 0 Å². The summed E-state index contributed by atoms with van der Waals surface area (Å²) in [5.74, 6) is -0.276. The number of hydrogen-bond donors (Lipinski definition) is 0. The van der Waals surface area contributed by atoms with Crippen molar-refractivity contribution in [1.82, 2.24) is 0 Å². The quantitative estimate of drug-likeness (QED) is 0.748. The molecule has 0 aromatic heterocycles. The third-order valence-corrected chi connectivity index (χ3v) is 3.20. The van der Waals surface area contributed by atoms with Gasteiger partial charge in [-0.2, -0.15) is 0 Å². The number of halogens is 1. The minimum absolute atomic E-state index is 0.276. The van der Waals surface area contributed by atoms with Crippen LogP contribution in [0.2, 0.25) is 0 Å². The van der Waals surface area contributed by atoms with E-state index in [2.05, 4.69) is 0 Å². The first kappa shape index (κ1) is 11.4. The molecule has 0 unspecified atom stereocenters. The minimum Gasteiger partial charge on any atom is -0.374 e. The van der Waals surface area contributed by atoms with E-state index in [9.17, 15) is 0 Å². The van der Waals surface area contributed by atoms with Crippen molar-refractivity contribution in [2.75, 3.05) is 19.8 Å². The van der Waals surface area contributed by atoms with Crippen LogP contribution in [-0.2, 0) is 14.2 Å². The molecule has 1 saturated heterocycles. The highest BCUT2D eigenvalue weighted by Gasteiger charge is 2.40. The largest absolute Gasteiger partial charge is 0.374 e. The van der Waals surface area contributed by atoms with Crippen LogP contribution in [0.1, 0.15) is 25.7 Å². The third-order valence-electron chi connectivity index (χ3n) is 3.03. The Hall–Kier alpha value is -0.0900. The monoisotopic (exact) mass is 232 g/mol. The first-order valence-corrected chi connectivity index (χ1v) is 5.93. The average Bonchev–Trinajstić information content (AvgIpc) is 2.71. The van der Waals surface area contributed by atoms with Gasteiger partial charge in [0.1, 0.15) is 0 Å². The molecular formula is C11H17ClO3. The fraction of sp³-hybridized carbons (Fsp3) is 0.818. The summed E-state index contributed by atoms with van der Waals surface area (Å²) >= 11 is 5.42. The van der Waals surface area contributed by atoms with E-state index in [0.717, 1.165) is 38.9 Å². The van der Waals surface area contributed by atoms with Crippen molar-refractivity contribution in [3.8, 4) is 0 Å². The molecule has 0 aromatic carbocycles. The van der Waals surface area contributed by atoms with E-state index in [-0.39, 0.29) is 5.79 Å². The van der Waals surface area contributed by atoms with Gasteiger partial charge in [0.05, 0.1) is 25.9 Å². The molecule has 0 amide bonds. The molecule has 1 saturated carbocycles. The molecule has 86 valence electrons. The highest BCUT2D eigenvalue weighted by Crippen LogP contribution is 2.36. The normalized spacial score (nSPS) is 26.7. The van der Waals surface area contributed by atoms with Gasteiger partial charge in [0, 0.05) is 18.4 Å². The van der Waals surface area contributed by atoms with Gasteiger partial charge in [-0.3, -0.25) is 0 Å². The molecule has 2 fully saturated rings. The Balaban J connectivity index is 1.72. The van der Waals surface area contributed by atoms with Crippen molar-refractivity contribution < 1.29 is 14.2 Å². The predicted octanol–water partition coefficient (Wildman–Crippen LogP) is 2.44. The van der Waals surface area contributed by atoms with Gasteiger partial charge in [-0.25, -0.2) is 0 Å². The van der Waals surface area contributed by atoms with Crippen molar-refractivity contribution in [3.63, 3.8) is 0 Å². The summed E-state index contributed by atoms with van der Waals surface area (Å²) in [4.78, 5) is 0. The minimum atomic E-state index is -0.276. The molecule has 4 heteroatoms. The van der Waals surface area contributed by atoms with Gasteiger partial charge >= 0.3 is 0 Å². The molecule has 0 atom stereocenters. The van der Waals surface area contributed by atoms with Crippen LogP contribution >= 0.6 is 11.6 Å². The van der Waals surface area contributed by atoms with Crippen LogP contribution in [0.15, 0.2) is 11.6 Å². The van der Waals surface area contributed by atoms with Crippen molar-refractivity contribution in [2.24, 2.45) is 0 Å². The van der Waals surface area contributed by atoms with Gasteiger partial charge in [-0.05, 0) is 18.9 Å². The molecule has 1 spiro atoms. The van der Waals surface area contributed by atoms with Crippen LogP contribution in [0.4, 0.5) is 0 Å². The van der Waals surface area contributed by atoms with E-state index in [0.29, 0.717) is 12.7 Å². The van der Waals surface area contributed by atoms with Gasteiger partial charge in [-0.1, -0.05) is 11.6 Å². The second-order valence-electron chi connectivity index (χ2n) is 4.00. The average molecular weight is 233 g/mol. The molecule has 0 N–H and O–H groups in total. The first-order valence-electron chi connectivity index (χ1n) is 5.49. The second kappa shape index (κ2) is 5.30. The number of hydrogen-bond acceptors (Lipinski definition) is 3. The second-order valence-corrected chi connectivity index (χ2v) is 4.25. The van der Waals surface area contributed by atoms with Crippen LogP contribution in [0, 0.1) is 0 Å². The van der Waals surface area contributed by atoms with E-state index in [4.69, 9.17) is 25.8 Å². The summed E-state index contributed by atoms with van der Waals surface area (Å²) in [6, 6.07) is 0. The van der Waals surface area contributed by atoms with Crippen molar-refractivity contribution in [3.05, 3.63) is 11.6 Å². The molecule has 3 nitrogen and oxygen atoms in total. The lowest BCUT2D eigenvalue weighted by atomic mass is 9.92. The molecule has 2 rings (SSSR count). The number of rotatable bonds is 3.